The van der Waals surface area contributed by atoms with Crippen LogP contribution in [0.15, 0.2) is 54.7 Å². The van der Waals surface area contributed by atoms with Crippen LogP contribution >= 0.6 is 0 Å². The molecular formula is C22H19F2N3O2. The van der Waals surface area contributed by atoms with Crippen LogP contribution in [0.1, 0.15) is 23.1 Å². The Balaban J connectivity index is 1.66. The summed E-state index contributed by atoms with van der Waals surface area (Å²) in [7, 11) is 0. The average molecular weight is 395 g/mol. The third-order valence-electron chi connectivity index (χ3n) is 4.88. The van der Waals surface area contributed by atoms with E-state index in [4.69, 9.17) is 10.5 Å². The van der Waals surface area contributed by atoms with E-state index in [0.717, 1.165) is 17.2 Å². The lowest BCUT2D eigenvalue weighted by Crippen LogP contribution is -2.35. The number of nitrogens with zero attached hydrogens (tertiary/aromatic N) is 2. The van der Waals surface area contributed by atoms with Crippen LogP contribution in [0.4, 0.5) is 14.5 Å². The molecule has 7 heteroatoms. The highest BCUT2D eigenvalue weighted by Gasteiger charge is 2.27. The smallest absolute Gasteiger partial charge is 0.227 e. The van der Waals surface area contributed by atoms with Crippen LogP contribution in [-0.2, 0) is 24.3 Å². The van der Waals surface area contributed by atoms with E-state index < -0.39 is 11.6 Å². The number of aromatic nitrogens is 1. The van der Waals surface area contributed by atoms with Gasteiger partial charge < -0.3 is 15.4 Å². The number of benzene rings is 2. The van der Waals surface area contributed by atoms with E-state index in [1.807, 2.05) is 12.1 Å². The number of rotatable bonds is 5. The number of hydrogen-bond acceptors (Lipinski definition) is 4. The number of ether oxygens (including phenoxy) is 1. The topological polar surface area (TPSA) is 68.5 Å². The number of carbonyl (C=O) groups excluding carboxylic acids is 1. The average Bonchev–Trinajstić information content (AvgIpc) is 2.72. The molecule has 2 aromatic carbocycles. The summed E-state index contributed by atoms with van der Waals surface area (Å²) in [6.07, 6.45) is 2.40. The lowest BCUT2D eigenvalue weighted by molar-refractivity contribution is -0.119. The van der Waals surface area contributed by atoms with E-state index in [1.165, 1.54) is 17.0 Å². The highest BCUT2D eigenvalue weighted by molar-refractivity contribution is 5.96. The van der Waals surface area contributed by atoms with Crippen LogP contribution in [0.25, 0.3) is 0 Å². The van der Waals surface area contributed by atoms with Crippen molar-refractivity contribution >= 4 is 11.6 Å². The zero-order valence-corrected chi connectivity index (χ0v) is 15.6. The maximum Gasteiger partial charge on any atom is 0.227 e. The summed E-state index contributed by atoms with van der Waals surface area (Å²) in [4.78, 5) is 18.3. The Hall–Kier alpha value is -3.32. The molecular weight excluding hydrogens is 376 g/mol. The van der Waals surface area contributed by atoms with Gasteiger partial charge in [-0.1, -0.05) is 12.1 Å². The lowest BCUT2D eigenvalue weighted by atomic mass is 9.99. The first-order chi connectivity index (χ1) is 14.0. The quantitative estimate of drug-likeness (QED) is 0.707. The summed E-state index contributed by atoms with van der Waals surface area (Å²) in [5.74, 6) is -0.461. The van der Waals surface area contributed by atoms with Crippen LogP contribution in [0.5, 0.6) is 11.6 Å². The van der Waals surface area contributed by atoms with E-state index in [2.05, 4.69) is 4.98 Å². The second-order valence-electron chi connectivity index (χ2n) is 6.78. The minimum absolute atomic E-state index is 0.0162. The number of pyridine rings is 1. The normalized spacial score (nSPS) is 13.3. The van der Waals surface area contributed by atoms with Crippen LogP contribution in [0.2, 0.25) is 0 Å². The van der Waals surface area contributed by atoms with E-state index >= 15 is 0 Å². The van der Waals surface area contributed by atoms with Crippen molar-refractivity contribution in [3.63, 3.8) is 0 Å². The third kappa shape index (κ3) is 3.95. The largest absolute Gasteiger partial charge is 0.439 e. The number of carbonyl (C=O) groups is 1. The molecule has 2 N–H and O–H groups in total. The molecule has 3 aromatic rings. The highest BCUT2D eigenvalue weighted by Crippen LogP contribution is 2.37. The second-order valence-corrected chi connectivity index (χ2v) is 6.78. The predicted molar refractivity (Wildman–Crippen MR) is 105 cm³/mol. The molecule has 5 nitrogen and oxygen atoms in total. The molecule has 0 saturated heterocycles. The molecule has 1 aliphatic rings. The maximum atomic E-state index is 14.1. The summed E-state index contributed by atoms with van der Waals surface area (Å²) in [6, 6.07) is 12.3. The van der Waals surface area contributed by atoms with Gasteiger partial charge in [-0.15, -0.1) is 0 Å². The molecule has 0 unspecified atom stereocenters. The molecule has 0 spiro atoms. The Morgan fingerprint density at radius 3 is 2.76 bits per heavy atom. The van der Waals surface area contributed by atoms with Crippen molar-refractivity contribution in [2.24, 2.45) is 5.73 Å². The SMILES string of the molecule is NCc1ccnc(Oc2cccc3c2CCC(=O)N3Cc2ccc(F)cc2F)c1. The molecule has 0 fully saturated rings. The standard InChI is InChI=1S/C22H19F2N3O2/c23-16-5-4-15(18(24)11-16)13-27-19-2-1-3-20(17(19)6-7-22(27)28)29-21-10-14(12-25)8-9-26-21/h1-5,8-11H,6-7,12-13,25H2. The fourth-order valence-electron chi connectivity index (χ4n) is 3.39. The third-order valence-corrected chi connectivity index (χ3v) is 4.88. The molecule has 0 bridgehead atoms. The van der Waals surface area contributed by atoms with Gasteiger partial charge in [-0.05, 0) is 36.2 Å². The van der Waals surface area contributed by atoms with Gasteiger partial charge in [0.25, 0.3) is 0 Å². The number of anilines is 1. The minimum atomic E-state index is -0.680. The van der Waals surface area contributed by atoms with Gasteiger partial charge in [-0.25, -0.2) is 13.8 Å². The van der Waals surface area contributed by atoms with Crippen molar-refractivity contribution in [3.8, 4) is 11.6 Å². The first-order valence-electron chi connectivity index (χ1n) is 9.24. The van der Waals surface area contributed by atoms with Crippen molar-refractivity contribution in [2.75, 3.05) is 4.90 Å². The van der Waals surface area contributed by atoms with Gasteiger partial charge in [0, 0.05) is 42.4 Å². The van der Waals surface area contributed by atoms with Crippen molar-refractivity contribution in [1.82, 2.24) is 4.98 Å². The van der Waals surface area contributed by atoms with E-state index in [-0.39, 0.29) is 24.4 Å². The number of nitrogens with two attached hydrogens (primary N) is 1. The van der Waals surface area contributed by atoms with Gasteiger partial charge in [0.1, 0.15) is 17.4 Å². The fourth-order valence-corrected chi connectivity index (χ4v) is 3.39. The second kappa shape index (κ2) is 7.97. The minimum Gasteiger partial charge on any atom is -0.439 e. The lowest BCUT2D eigenvalue weighted by Gasteiger charge is -2.30. The van der Waals surface area contributed by atoms with Gasteiger partial charge in [0.2, 0.25) is 11.8 Å². The number of halogens is 2. The van der Waals surface area contributed by atoms with E-state index in [0.29, 0.717) is 30.3 Å². The Kier molecular flexibility index (Phi) is 5.22. The summed E-state index contributed by atoms with van der Waals surface area (Å²) in [6.45, 7) is 0.388. The summed E-state index contributed by atoms with van der Waals surface area (Å²) < 4.78 is 33.3. The highest BCUT2D eigenvalue weighted by atomic mass is 19.1. The van der Waals surface area contributed by atoms with E-state index in [1.54, 1.807) is 24.4 Å². The van der Waals surface area contributed by atoms with Crippen LogP contribution < -0.4 is 15.4 Å². The monoisotopic (exact) mass is 395 g/mol. The van der Waals surface area contributed by atoms with Gasteiger partial charge in [-0.3, -0.25) is 4.79 Å². The molecule has 0 aliphatic carbocycles. The van der Waals surface area contributed by atoms with Crippen molar-refractivity contribution in [1.29, 1.82) is 0 Å². The molecule has 148 valence electrons. The molecule has 2 heterocycles. The Labute approximate surface area is 166 Å². The molecule has 0 atom stereocenters. The Morgan fingerprint density at radius 2 is 1.97 bits per heavy atom. The summed E-state index contributed by atoms with van der Waals surface area (Å²) >= 11 is 0. The van der Waals surface area contributed by atoms with Crippen molar-refractivity contribution in [2.45, 2.75) is 25.9 Å². The number of fused-ring (bicyclic) bond motifs is 1. The van der Waals surface area contributed by atoms with Gasteiger partial charge in [0.15, 0.2) is 0 Å². The summed E-state index contributed by atoms with van der Waals surface area (Å²) in [5, 5.41) is 0. The Morgan fingerprint density at radius 1 is 1.10 bits per heavy atom. The van der Waals surface area contributed by atoms with Crippen molar-refractivity contribution in [3.05, 3.63) is 83.1 Å². The van der Waals surface area contributed by atoms with Crippen molar-refractivity contribution < 1.29 is 18.3 Å². The van der Waals surface area contributed by atoms with Gasteiger partial charge >= 0.3 is 0 Å². The van der Waals surface area contributed by atoms with Crippen LogP contribution in [0, 0.1) is 11.6 Å². The van der Waals surface area contributed by atoms with E-state index in [9.17, 15) is 13.6 Å². The molecule has 4 rings (SSSR count). The molecule has 1 amide bonds. The molecule has 1 aliphatic heterocycles. The van der Waals surface area contributed by atoms with Gasteiger partial charge in [0.05, 0.1) is 12.2 Å². The molecule has 29 heavy (non-hydrogen) atoms. The molecule has 0 saturated carbocycles. The number of amides is 1. The first kappa shape index (κ1) is 19.0. The maximum absolute atomic E-state index is 14.1. The first-order valence-corrected chi connectivity index (χ1v) is 9.24. The van der Waals surface area contributed by atoms with Crippen LogP contribution in [-0.4, -0.2) is 10.9 Å². The molecule has 1 aromatic heterocycles. The summed E-state index contributed by atoms with van der Waals surface area (Å²) in [5.41, 5.74) is 8.30. The number of hydrogen-bond donors (Lipinski definition) is 1. The van der Waals surface area contributed by atoms with Gasteiger partial charge in [-0.2, -0.15) is 0 Å². The van der Waals surface area contributed by atoms with Crippen LogP contribution in [0.3, 0.4) is 0 Å². The zero-order valence-electron chi connectivity index (χ0n) is 15.6. The zero-order chi connectivity index (χ0) is 20.4. The molecule has 0 radical (unpaired) electrons. The fraction of sp³-hybridized carbons (Fsp3) is 0.182. The Bertz CT molecular complexity index is 1070. The predicted octanol–water partition coefficient (Wildman–Crippen LogP) is 4.09.